The predicted molar refractivity (Wildman–Crippen MR) is 73.2 cm³/mol. The molecule has 0 unspecified atom stereocenters. The third-order valence-electron chi connectivity index (χ3n) is 2.26. The topological polar surface area (TPSA) is 98.8 Å². The van der Waals surface area contributed by atoms with Crippen molar-refractivity contribution in [2.24, 2.45) is 0 Å². The Kier molecular flexibility index (Phi) is 5.91. The summed E-state index contributed by atoms with van der Waals surface area (Å²) in [6, 6.07) is 5.08. The summed E-state index contributed by atoms with van der Waals surface area (Å²) in [5, 5.41) is 0. The summed E-state index contributed by atoms with van der Waals surface area (Å²) < 4.78 is 40.3. The second kappa shape index (κ2) is 7.20. The first-order chi connectivity index (χ1) is 8.92. The maximum atomic E-state index is 10.5. The molecule has 0 aromatic heterocycles. The van der Waals surface area contributed by atoms with E-state index in [1.165, 1.54) is 0 Å². The fraction of sp³-hybridized carbons (Fsp3) is 0.500. The van der Waals surface area contributed by atoms with E-state index in [1.807, 2.05) is 6.92 Å². The maximum Gasteiger partial charge on any atom is 0.264 e. The summed E-state index contributed by atoms with van der Waals surface area (Å²) in [4.78, 5) is 0. The molecule has 0 fully saturated rings. The molecular weight excluding hydrogens is 270 g/mol. The SMILES string of the molecule is CCCOc1ccc(OCCCS(=O)(=O)O)c(N)c1. The van der Waals surface area contributed by atoms with E-state index in [0.717, 1.165) is 6.42 Å². The number of nitrogens with two attached hydrogens (primary N) is 1. The van der Waals surface area contributed by atoms with Crippen LogP contribution in [0.3, 0.4) is 0 Å². The number of anilines is 1. The Morgan fingerprint density at radius 3 is 2.58 bits per heavy atom. The molecule has 0 saturated heterocycles. The van der Waals surface area contributed by atoms with E-state index < -0.39 is 10.1 Å². The standard InChI is InChI=1S/C12H19NO5S/c1-2-6-17-10-4-5-12(11(13)9-10)18-7-3-8-19(14,15)16/h4-5,9H,2-3,6-8,13H2,1H3,(H,14,15,16). The van der Waals surface area contributed by atoms with Crippen LogP contribution >= 0.6 is 0 Å². The molecule has 0 aliphatic carbocycles. The molecule has 1 aromatic rings. The summed E-state index contributed by atoms with van der Waals surface area (Å²) in [5.41, 5.74) is 6.22. The molecule has 0 saturated carbocycles. The fourth-order valence-electron chi connectivity index (χ4n) is 1.39. The Bertz CT molecular complexity index is 501. The van der Waals surface area contributed by atoms with Crippen LogP contribution in [0, 0.1) is 0 Å². The Morgan fingerprint density at radius 1 is 1.26 bits per heavy atom. The number of hydrogen-bond donors (Lipinski definition) is 2. The lowest BCUT2D eigenvalue weighted by molar-refractivity contribution is 0.309. The lowest BCUT2D eigenvalue weighted by Gasteiger charge is -2.10. The minimum atomic E-state index is -3.94. The number of hydrogen-bond acceptors (Lipinski definition) is 5. The van der Waals surface area contributed by atoms with Gasteiger partial charge in [0.05, 0.1) is 24.7 Å². The molecule has 0 spiro atoms. The third kappa shape index (κ3) is 6.30. The van der Waals surface area contributed by atoms with E-state index in [9.17, 15) is 8.42 Å². The van der Waals surface area contributed by atoms with Gasteiger partial charge in [0.25, 0.3) is 10.1 Å². The summed E-state index contributed by atoms with van der Waals surface area (Å²) in [7, 11) is -3.94. The smallest absolute Gasteiger partial charge is 0.264 e. The van der Waals surface area contributed by atoms with E-state index >= 15 is 0 Å². The highest BCUT2D eigenvalue weighted by atomic mass is 32.2. The van der Waals surface area contributed by atoms with Crippen LogP contribution in [0.15, 0.2) is 18.2 Å². The largest absolute Gasteiger partial charge is 0.494 e. The third-order valence-corrected chi connectivity index (χ3v) is 3.06. The van der Waals surface area contributed by atoms with Crippen LogP contribution in [0.5, 0.6) is 11.5 Å². The van der Waals surface area contributed by atoms with Crippen LogP contribution < -0.4 is 15.2 Å². The molecule has 3 N–H and O–H groups in total. The van der Waals surface area contributed by atoms with Gasteiger partial charge in [-0.25, -0.2) is 0 Å². The Hall–Kier alpha value is -1.47. The highest BCUT2D eigenvalue weighted by Gasteiger charge is 2.06. The van der Waals surface area contributed by atoms with Crippen molar-refractivity contribution in [2.45, 2.75) is 19.8 Å². The van der Waals surface area contributed by atoms with Crippen molar-refractivity contribution < 1.29 is 22.4 Å². The molecule has 19 heavy (non-hydrogen) atoms. The summed E-state index contributed by atoms with van der Waals surface area (Å²) >= 11 is 0. The summed E-state index contributed by atoms with van der Waals surface area (Å²) in [6.45, 7) is 2.79. The zero-order valence-corrected chi connectivity index (χ0v) is 11.6. The highest BCUT2D eigenvalue weighted by Crippen LogP contribution is 2.26. The number of nitrogen functional groups attached to an aromatic ring is 1. The van der Waals surface area contributed by atoms with Gasteiger partial charge in [-0.1, -0.05) is 6.92 Å². The first kappa shape index (κ1) is 15.6. The van der Waals surface area contributed by atoms with Gasteiger partial charge in [0, 0.05) is 6.07 Å². The van der Waals surface area contributed by atoms with Gasteiger partial charge in [0.1, 0.15) is 11.5 Å². The van der Waals surface area contributed by atoms with Gasteiger partial charge in [-0.05, 0) is 25.0 Å². The molecule has 0 bridgehead atoms. The molecular formula is C12H19NO5S. The minimum Gasteiger partial charge on any atom is -0.494 e. The van der Waals surface area contributed by atoms with Crippen LogP contribution in [0.4, 0.5) is 5.69 Å². The zero-order valence-electron chi connectivity index (χ0n) is 10.8. The predicted octanol–water partition coefficient (Wildman–Crippen LogP) is 1.71. The average Bonchev–Trinajstić information content (AvgIpc) is 2.32. The fourth-order valence-corrected chi connectivity index (χ4v) is 1.87. The average molecular weight is 289 g/mol. The molecule has 0 atom stereocenters. The van der Waals surface area contributed by atoms with E-state index in [4.69, 9.17) is 19.8 Å². The van der Waals surface area contributed by atoms with Crippen molar-refractivity contribution in [2.75, 3.05) is 24.7 Å². The van der Waals surface area contributed by atoms with Crippen molar-refractivity contribution >= 4 is 15.8 Å². The van der Waals surface area contributed by atoms with Gasteiger partial charge < -0.3 is 15.2 Å². The van der Waals surface area contributed by atoms with Crippen LogP contribution in [0.1, 0.15) is 19.8 Å². The molecule has 108 valence electrons. The first-order valence-electron chi connectivity index (χ1n) is 6.02. The maximum absolute atomic E-state index is 10.5. The quantitative estimate of drug-likeness (QED) is 0.429. The van der Waals surface area contributed by atoms with Crippen molar-refractivity contribution in [3.63, 3.8) is 0 Å². The molecule has 0 radical (unpaired) electrons. The molecule has 6 nitrogen and oxygen atoms in total. The van der Waals surface area contributed by atoms with Gasteiger partial charge in [0.2, 0.25) is 0 Å². The lowest BCUT2D eigenvalue weighted by atomic mass is 10.3. The van der Waals surface area contributed by atoms with E-state index in [2.05, 4.69) is 0 Å². The Labute approximate surface area is 113 Å². The molecule has 0 aliphatic heterocycles. The van der Waals surface area contributed by atoms with Gasteiger partial charge in [-0.3, -0.25) is 4.55 Å². The van der Waals surface area contributed by atoms with Crippen molar-refractivity contribution in [1.82, 2.24) is 0 Å². The minimum absolute atomic E-state index is 0.166. The second-order valence-electron chi connectivity index (χ2n) is 4.04. The van der Waals surface area contributed by atoms with Gasteiger partial charge in [-0.15, -0.1) is 0 Å². The van der Waals surface area contributed by atoms with Gasteiger partial charge in [-0.2, -0.15) is 8.42 Å². The molecule has 7 heteroatoms. The van der Waals surface area contributed by atoms with Crippen molar-refractivity contribution in [3.8, 4) is 11.5 Å². The number of benzene rings is 1. The van der Waals surface area contributed by atoms with Crippen molar-refractivity contribution in [3.05, 3.63) is 18.2 Å². The van der Waals surface area contributed by atoms with Crippen LogP contribution in [-0.2, 0) is 10.1 Å². The normalized spacial score (nSPS) is 11.3. The first-order valence-corrected chi connectivity index (χ1v) is 7.63. The Morgan fingerprint density at radius 2 is 2.00 bits per heavy atom. The van der Waals surface area contributed by atoms with Crippen LogP contribution in [-0.4, -0.2) is 31.9 Å². The van der Waals surface area contributed by atoms with E-state index in [-0.39, 0.29) is 18.8 Å². The lowest BCUT2D eigenvalue weighted by Crippen LogP contribution is -2.09. The second-order valence-corrected chi connectivity index (χ2v) is 5.61. The highest BCUT2D eigenvalue weighted by molar-refractivity contribution is 7.85. The summed E-state index contributed by atoms with van der Waals surface area (Å²) in [5.74, 6) is 0.814. The molecule has 1 aromatic carbocycles. The molecule has 0 amide bonds. The van der Waals surface area contributed by atoms with E-state index in [1.54, 1.807) is 18.2 Å². The van der Waals surface area contributed by atoms with Gasteiger partial charge >= 0.3 is 0 Å². The molecule has 0 aliphatic rings. The monoisotopic (exact) mass is 289 g/mol. The van der Waals surface area contributed by atoms with Crippen LogP contribution in [0.2, 0.25) is 0 Å². The van der Waals surface area contributed by atoms with E-state index in [0.29, 0.717) is 23.8 Å². The van der Waals surface area contributed by atoms with Gasteiger partial charge in [0.15, 0.2) is 0 Å². The molecule has 1 rings (SSSR count). The molecule has 0 heterocycles. The number of rotatable bonds is 8. The zero-order chi connectivity index (χ0) is 14.3. The number of ether oxygens (including phenoxy) is 2. The van der Waals surface area contributed by atoms with Crippen LogP contribution in [0.25, 0.3) is 0 Å². The van der Waals surface area contributed by atoms with Crippen molar-refractivity contribution in [1.29, 1.82) is 0 Å². The summed E-state index contributed by atoms with van der Waals surface area (Å²) in [6.07, 6.45) is 1.11. The Balaban J connectivity index is 2.46.